The normalized spacial score (nSPS) is 13.9. The SMILES string of the molecule is COc1cc(/C=C2\N=C(c3ccc(-c4ccccc4)cc3)OC2=O)ccc1OCc1ccccc1C. The Morgan fingerprint density at radius 1 is 0.806 bits per heavy atom. The van der Waals surface area contributed by atoms with Gasteiger partial charge in [-0.15, -0.1) is 0 Å². The van der Waals surface area contributed by atoms with Crippen LogP contribution in [0.5, 0.6) is 11.5 Å². The van der Waals surface area contributed by atoms with Gasteiger partial charge in [0.25, 0.3) is 0 Å². The molecular weight excluding hydrogens is 450 g/mol. The highest BCUT2D eigenvalue weighted by atomic mass is 16.6. The molecule has 0 saturated heterocycles. The van der Waals surface area contributed by atoms with Crippen LogP contribution < -0.4 is 9.47 Å². The fourth-order valence-corrected chi connectivity index (χ4v) is 3.95. The monoisotopic (exact) mass is 475 g/mol. The number of hydrogen-bond donors (Lipinski definition) is 0. The first kappa shape index (κ1) is 23.1. The van der Waals surface area contributed by atoms with E-state index in [1.165, 1.54) is 5.56 Å². The molecule has 0 atom stereocenters. The van der Waals surface area contributed by atoms with Crippen molar-refractivity contribution in [1.29, 1.82) is 0 Å². The summed E-state index contributed by atoms with van der Waals surface area (Å²) in [5.41, 5.74) is 6.20. The van der Waals surface area contributed by atoms with Crippen LogP contribution >= 0.6 is 0 Å². The highest BCUT2D eigenvalue weighted by Crippen LogP contribution is 2.31. The van der Waals surface area contributed by atoms with E-state index in [4.69, 9.17) is 14.2 Å². The summed E-state index contributed by atoms with van der Waals surface area (Å²) in [4.78, 5) is 16.9. The minimum atomic E-state index is -0.490. The summed E-state index contributed by atoms with van der Waals surface area (Å²) >= 11 is 0. The molecule has 5 nitrogen and oxygen atoms in total. The maximum absolute atomic E-state index is 12.5. The molecule has 0 aliphatic carbocycles. The van der Waals surface area contributed by atoms with E-state index in [2.05, 4.69) is 30.1 Å². The van der Waals surface area contributed by atoms with Gasteiger partial charge in [-0.3, -0.25) is 0 Å². The Hall–Kier alpha value is -4.64. The minimum absolute atomic E-state index is 0.229. The lowest BCUT2D eigenvalue weighted by Crippen LogP contribution is -2.05. The molecule has 4 aromatic carbocycles. The molecule has 178 valence electrons. The van der Waals surface area contributed by atoms with Gasteiger partial charge in [0.2, 0.25) is 5.90 Å². The Labute approximate surface area is 210 Å². The van der Waals surface area contributed by atoms with E-state index < -0.39 is 5.97 Å². The van der Waals surface area contributed by atoms with Crippen LogP contribution in [0.3, 0.4) is 0 Å². The predicted octanol–water partition coefficient (Wildman–Crippen LogP) is 6.59. The van der Waals surface area contributed by atoms with Gasteiger partial charge in [-0.25, -0.2) is 9.79 Å². The van der Waals surface area contributed by atoms with Crippen molar-refractivity contribution >= 4 is 17.9 Å². The average Bonchev–Trinajstić information content (AvgIpc) is 3.29. The quantitative estimate of drug-likeness (QED) is 0.223. The molecule has 0 aromatic heterocycles. The molecule has 1 aliphatic rings. The second kappa shape index (κ2) is 10.3. The molecule has 1 heterocycles. The number of carbonyl (C=O) groups excluding carboxylic acids is 1. The third-order valence-corrected chi connectivity index (χ3v) is 5.99. The van der Waals surface area contributed by atoms with Crippen LogP contribution in [0, 0.1) is 6.92 Å². The molecule has 4 aromatic rings. The van der Waals surface area contributed by atoms with Gasteiger partial charge in [0.1, 0.15) is 6.61 Å². The zero-order chi connectivity index (χ0) is 24.9. The molecule has 0 saturated carbocycles. The van der Waals surface area contributed by atoms with Crippen molar-refractivity contribution in [3.63, 3.8) is 0 Å². The Bertz CT molecular complexity index is 1450. The van der Waals surface area contributed by atoms with Gasteiger partial charge in [0.05, 0.1) is 7.11 Å². The van der Waals surface area contributed by atoms with Gasteiger partial charge < -0.3 is 14.2 Å². The summed E-state index contributed by atoms with van der Waals surface area (Å²) in [7, 11) is 1.59. The smallest absolute Gasteiger partial charge is 0.363 e. The maximum Gasteiger partial charge on any atom is 0.363 e. The topological polar surface area (TPSA) is 57.1 Å². The summed E-state index contributed by atoms with van der Waals surface area (Å²) in [6, 6.07) is 31.5. The zero-order valence-electron chi connectivity index (χ0n) is 20.1. The maximum atomic E-state index is 12.5. The van der Waals surface area contributed by atoms with Crippen molar-refractivity contribution in [2.75, 3.05) is 7.11 Å². The number of methoxy groups -OCH3 is 1. The lowest BCUT2D eigenvalue weighted by atomic mass is 10.0. The van der Waals surface area contributed by atoms with E-state index in [9.17, 15) is 4.79 Å². The molecular formula is C31H25NO4. The van der Waals surface area contributed by atoms with Crippen molar-refractivity contribution in [2.24, 2.45) is 4.99 Å². The van der Waals surface area contributed by atoms with Crippen LogP contribution in [-0.4, -0.2) is 19.0 Å². The summed E-state index contributed by atoms with van der Waals surface area (Å²) < 4.78 is 17.0. The fourth-order valence-electron chi connectivity index (χ4n) is 3.95. The first-order valence-electron chi connectivity index (χ1n) is 11.6. The largest absolute Gasteiger partial charge is 0.493 e. The highest BCUT2D eigenvalue weighted by molar-refractivity contribution is 6.13. The molecule has 0 bridgehead atoms. The van der Waals surface area contributed by atoms with Crippen LogP contribution in [0.1, 0.15) is 22.3 Å². The van der Waals surface area contributed by atoms with Crippen molar-refractivity contribution in [1.82, 2.24) is 0 Å². The number of cyclic esters (lactones) is 1. The number of ether oxygens (including phenoxy) is 3. The number of nitrogens with zero attached hydrogens (tertiary/aromatic N) is 1. The van der Waals surface area contributed by atoms with Crippen molar-refractivity contribution in [3.05, 3.63) is 125 Å². The number of carbonyl (C=O) groups is 1. The Morgan fingerprint density at radius 3 is 2.25 bits per heavy atom. The summed E-state index contributed by atoms with van der Waals surface area (Å²) in [5.74, 6) is 0.997. The fraction of sp³-hybridized carbons (Fsp3) is 0.0968. The third-order valence-electron chi connectivity index (χ3n) is 5.99. The number of rotatable bonds is 7. The van der Waals surface area contributed by atoms with Crippen molar-refractivity contribution in [3.8, 4) is 22.6 Å². The van der Waals surface area contributed by atoms with E-state index in [0.717, 1.165) is 27.8 Å². The first-order chi connectivity index (χ1) is 17.6. The molecule has 0 N–H and O–H groups in total. The van der Waals surface area contributed by atoms with Gasteiger partial charge in [0, 0.05) is 5.56 Å². The van der Waals surface area contributed by atoms with Crippen LogP contribution in [-0.2, 0) is 16.1 Å². The van der Waals surface area contributed by atoms with Crippen LogP contribution in [0.4, 0.5) is 0 Å². The Balaban J connectivity index is 1.33. The average molecular weight is 476 g/mol. The second-order valence-electron chi connectivity index (χ2n) is 8.40. The van der Waals surface area contributed by atoms with Crippen molar-refractivity contribution < 1.29 is 19.0 Å². The molecule has 1 aliphatic heterocycles. The number of esters is 1. The summed E-state index contributed by atoms with van der Waals surface area (Å²) in [5, 5.41) is 0. The van der Waals surface area contributed by atoms with E-state index in [1.54, 1.807) is 13.2 Å². The van der Waals surface area contributed by atoms with Gasteiger partial charge >= 0.3 is 5.97 Å². The van der Waals surface area contributed by atoms with Gasteiger partial charge in [0.15, 0.2) is 17.2 Å². The first-order valence-corrected chi connectivity index (χ1v) is 11.6. The lowest BCUT2D eigenvalue weighted by molar-refractivity contribution is -0.129. The van der Waals surface area contributed by atoms with Gasteiger partial charge in [-0.2, -0.15) is 0 Å². The summed E-state index contributed by atoms with van der Waals surface area (Å²) in [6.07, 6.45) is 1.68. The number of hydrogen-bond acceptors (Lipinski definition) is 5. The molecule has 5 heteroatoms. The molecule has 36 heavy (non-hydrogen) atoms. The van der Waals surface area contributed by atoms with Gasteiger partial charge in [-0.05, 0) is 65.1 Å². The van der Waals surface area contributed by atoms with E-state index in [0.29, 0.717) is 18.1 Å². The van der Waals surface area contributed by atoms with E-state index in [-0.39, 0.29) is 11.6 Å². The van der Waals surface area contributed by atoms with Crippen LogP contribution in [0.25, 0.3) is 17.2 Å². The molecule has 5 rings (SSSR count). The van der Waals surface area contributed by atoms with Crippen LogP contribution in [0.15, 0.2) is 108 Å². The molecule has 0 spiro atoms. The number of benzene rings is 4. The Morgan fingerprint density at radius 2 is 1.50 bits per heavy atom. The molecule has 0 amide bonds. The van der Waals surface area contributed by atoms with Crippen molar-refractivity contribution in [2.45, 2.75) is 13.5 Å². The van der Waals surface area contributed by atoms with E-state index >= 15 is 0 Å². The summed E-state index contributed by atoms with van der Waals surface area (Å²) in [6.45, 7) is 2.49. The zero-order valence-corrected chi connectivity index (χ0v) is 20.1. The standard InChI is InChI=1S/C31H25NO4/c1-21-8-6-7-11-26(21)20-35-28-17-12-22(19-29(28)34-2)18-27-31(33)36-30(32-27)25-15-13-24(14-16-25)23-9-4-3-5-10-23/h3-19H,20H2,1-2H3/b27-18-. The molecule has 0 radical (unpaired) electrons. The van der Waals surface area contributed by atoms with Crippen LogP contribution in [0.2, 0.25) is 0 Å². The number of aryl methyl sites for hydroxylation is 1. The lowest BCUT2D eigenvalue weighted by Gasteiger charge is -2.12. The predicted molar refractivity (Wildman–Crippen MR) is 141 cm³/mol. The second-order valence-corrected chi connectivity index (χ2v) is 8.40. The third kappa shape index (κ3) is 5.05. The number of aliphatic imine (C=N–C) groups is 1. The highest BCUT2D eigenvalue weighted by Gasteiger charge is 2.24. The molecule has 0 unspecified atom stereocenters. The minimum Gasteiger partial charge on any atom is -0.493 e. The molecule has 0 fully saturated rings. The van der Waals surface area contributed by atoms with Gasteiger partial charge in [-0.1, -0.05) is 72.8 Å². The Kier molecular flexibility index (Phi) is 6.63. The van der Waals surface area contributed by atoms with E-state index in [1.807, 2.05) is 78.9 Å².